The Bertz CT molecular complexity index is 1650. The maximum absolute atomic E-state index is 14.2. The van der Waals surface area contributed by atoms with Crippen molar-refractivity contribution in [3.63, 3.8) is 0 Å². The molecule has 5 rings (SSSR count). The van der Waals surface area contributed by atoms with Crippen molar-refractivity contribution in [2.45, 2.75) is 30.6 Å². The van der Waals surface area contributed by atoms with Gasteiger partial charge in [-0.1, -0.05) is 6.07 Å². The van der Waals surface area contributed by atoms with Crippen LogP contribution >= 0.6 is 0 Å². The molecular formula is C25H18F5N3O4S. The number of halogens is 5. The summed E-state index contributed by atoms with van der Waals surface area (Å²) in [6, 6.07) is 5.25. The minimum absolute atomic E-state index is 0.0467. The van der Waals surface area contributed by atoms with Crippen LogP contribution in [0.4, 0.5) is 27.6 Å². The van der Waals surface area contributed by atoms with Gasteiger partial charge in [-0.2, -0.15) is 17.5 Å². The standard InChI is InChI=1S/C25H18F5N3O4S/c1-11-3-4-14(26)8-16(11)22-21-18(31-23(34)12-5-13(25(28,29)30)7-15(27)6-12)9-19-17(20(21)24(35)32-22)10-33(2)38(19,36)37/h3-9,22H,10H2,1-2H3,(H,31,34)(H,32,35). The molecule has 0 saturated carbocycles. The molecule has 0 saturated heterocycles. The first-order chi connectivity index (χ1) is 17.7. The maximum Gasteiger partial charge on any atom is 0.416 e. The normalized spacial score (nSPS) is 18.2. The molecule has 1 atom stereocenters. The van der Waals surface area contributed by atoms with Crippen molar-refractivity contribution in [3.05, 3.63) is 93.0 Å². The number of hydrogen-bond acceptors (Lipinski definition) is 4. The van der Waals surface area contributed by atoms with E-state index in [1.807, 2.05) is 0 Å². The molecule has 0 fully saturated rings. The number of nitrogens with zero attached hydrogens (tertiary/aromatic N) is 1. The van der Waals surface area contributed by atoms with Gasteiger partial charge in [0.2, 0.25) is 10.0 Å². The molecule has 2 heterocycles. The fourth-order valence-electron chi connectivity index (χ4n) is 4.75. The lowest BCUT2D eigenvalue weighted by Gasteiger charge is -2.20. The van der Waals surface area contributed by atoms with E-state index in [2.05, 4.69) is 10.6 Å². The van der Waals surface area contributed by atoms with Gasteiger partial charge in [0.15, 0.2) is 0 Å². The highest BCUT2D eigenvalue weighted by atomic mass is 32.2. The lowest BCUT2D eigenvalue weighted by molar-refractivity contribution is -0.137. The second kappa shape index (κ2) is 8.60. The van der Waals surface area contributed by atoms with E-state index in [0.717, 1.165) is 10.4 Å². The topological polar surface area (TPSA) is 95.6 Å². The number of anilines is 1. The lowest BCUT2D eigenvalue weighted by Crippen LogP contribution is -2.22. The molecule has 0 bridgehead atoms. The number of sulfonamides is 1. The Labute approximate surface area is 213 Å². The number of benzene rings is 3. The van der Waals surface area contributed by atoms with Gasteiger partial charge in [0.1, 0.15) is 11.6 Å². The van der Waals surface area contributed by atoms with E-state index >= 15 is 0 Å². The van der Waals surface area contributed by atoms with Gasteiger partial charge in [-0.05, 0) is 54.4 Å². The van der Waals surface area contributed by atoms with Gasteiger partial charge in [0.05, 0.1) is 22.1 Å². The molecule has 7 nitrogen and oxygen atoms in total. The summed E-state index contributed by atoms with van der Waals surface area (Å²) in [5.41, 5.74) is -1.13. The molecule has 13 heteroatoms. The summed E-state index contributed by atoms with van der Waals surface area (Å²) in [5.74, 6) is -3.76. The van der Waals surface area contributed by atoms with Crippen LogP contribution in [0.25, 0.3) is 0 Å². The zero-order valence-corrected chi connectivity index (χ0v) is 20.5. The number of rotatable bonds is 3. The summed E-state index contributed by atoms with van der Waals surface area (Å²) in [5, 5.41) is 5.05. The number of amides is 2. The molecule has 2 aliphatic rings. The zero-order valence-electron chi connectivity index (χ0n) is 19.7. The fraction of sp³-hybridized carbons (Fsp3) is 0.200. The van der Waals surface area contributed by atoms with Crippen molar-refractivity contribution >= 4 is 27.5 Å². The van der Waals surface area contributed by atoms with Gasteiger partial charge in [-0.15, -0.1) is 0 Å². The van der Waals surface area contributed by atoms with Crippen molar-refractivity contribution in [2.24, 2.45) is 0 Å². The molecule has 198 valence electrons. The SMILES string of the molecule is Cc1ccc(F)cc1C1NC(=O)c2c3c(cc(NC(=O)c4cc(F)cc(C(F)(F)F)c4)c21)S(=O)(=O)N(C)C3. The number of aryl methyl sites for hydroxylation is 1. The van der Waals surface area contributed by atoms with Crippen LogP contribution in [0.15, 0.2) is 47.4 Å². The molecule has 0 spiro atoms. The van der Waals surface area contributed by atoms with E-state index in [0.29, 0.717) is 23.3 Å². The van der Waals surface area contributed by atoms with Crippen LogP contribution in [0.3, 0.4) is 0 Å². The van der Waals surface area contributed by atoms with Gasteiger partial charge in [0.25, 0.3) is 11.8 Å². The number of nitrogens with one attached hydrogen (secondary N) is 2. The molecule has 2 N–H and O–H groups in total. The zero-order chi connectivity index (χ0) is 27.7. The first-order valence-electron chi connectivity index (χ1n) is 11.1. The third-order valence-corrected chi connectivity index (χ3v) is 8.45. The monoisotopic (exact) mass is 551 g/mol. The summed E-state index contributed by atoms with van der Waals surface area (Å²) in [6.45, 7) is 1.52. The second-order valence-electron chi connectivity index (χ2n) is 9.04. The number of hydrogen-bond donors (Lipinski definition) is 2. The van der Waals surface area contributed by atoms with E-state index in [9.17, 15) is 40.0 Å². The smallest absolute Gasteiger partial charge is 0.341 e. The molecule has 38 heavy (non-hydrogen) atoms. The summed E-state index contributed by atoms with van der Waals surface area (Å²) in [4.78, 5) is 25.9. The van der Waals surface area contributed by atoms with Crippen molar-refractivity contribution in [3.8, 4) is 0 Å². The Morgan fingerprint density at radius 3 is 2.47 bits per heavy atom. The molecule has 0 aliphatic carbocycles. The van der Waals surface area contributed by atoms with Crippen molar-refractivity contribution in [2.75, 3.05) is 12.4 Å². The number of fused-ring (bicyclic) bond motifs is 3. The fourth-order valence-corrected chi connectivity index (χ4v) is 6.13. The van der Waals surface area contributed by atoms with Gasteiger partial charge < -0.3 is 10.6 Å². The molecule has 3 aromatic rings. The number of alkyl halides is 3. The Hall–Kier alpha value is -3.84. The average Bonchev–Trinajstić information content (AvgIpc) is 3.28. The van der Waals surface area contributed by atoms with Gasteiger partial charge in [-0.25, -0.2) is 17.2 Å². The first-order valence-corrected chi connectivity index (χ1v) is 12.5. The van der Waals surface area contributed by atoms with E-state index in [1.54, 1.807) is 6.92 Å². The summed E-state index contributed by atoms with van der Waals surface area (Å²) >= 11 is 0. The molecule has 0 radical (unpaired) electrons. The minimum Gasteiger partial charge on any atom is -0.341 e. The van der Waals surface area contributed by atoms with Crippen LogP contribution < -0.4 is 10.6 Å². The lowest BCUT2D eigenvalue weighted by atomic mass is 9.91. The third-order valence-electron chi connectivity index (χ3n) is 6.58. The van der Waals surface area contributed by atoms with Crippen LogP contribution in [0, 0.1) is 18.6 Å². The van der Waals surface area contributed by atoms with Gasteiger partial charge in [-0.3, -0.25) is 9.59 Å². The van der Waals surface area contributed by atoms with E-state index in [1.165, 1.54) is 25.2 Å². The van der Waals surface area contributed by atoms with E-state index in [4.69, 9.17) is 0 Å². The molecule has 3 aromatic carbocycles. The summed E-state index contributed by atoms with van der Waals surface area (Å²) in [6.07, 6.45) is -4.93. The van der Waals surface area contributed by atoms with Gasteiger partial charge in [0, 0.05) is 36.0 Å². The quantitative estimate of drug-likeness (QED) is 0.469. The Balaban J connectivity index is 1.70. The number of carbonyl (C=O) groups is 2. The average molecular weight is 551 g/mol. The van der Waals surface area contributed by atoms with Crippen LogP contribution in [0.1, 0.15) is 54.6 Å². The molecular weight excluding hydrogens is 533 g/mol. The van der Waals surface area contributed by atoms with Crippen LogP contribution in [-0.2, 0) is 22.7 Å². The van der Waals surface area contributed by atoms with E-state index < -0.39 is 56.8 Å². The predicted octanol–water partition coefficient (Wildman–Crippen LogP) is 4.51. The van der Waals surface area contributed by atoms with Crippen molar-refractivity contribution < 1.29 is 40.0 Å². The third kappa shape index (κ3) is 4.11. The Morgan fingerprint density at radius 2 is 1.79 bits per heavy atom. The van der Waals surface area contributed by atoms with Crippen molar-refractivity contribution in [1.82, 2.24) is 9.62 Å². The second-order valence-corrected chi connectivity index (χ2v) is 11.1. The van der Waals surface area contributed by atoms with Crippen LogP contribution in [0.2, 0.25) is 0 Å². The maximum atomic E-state index is 14.2. The minimum atomic E-state index is -4.93. The number of carbonyl (C=O) groups excluding carboxylic acids is 2. The van der Waals surface area contributed by atoms with E-state index in [-0.39, 0.29) is 39.9 Å². The summed E-state index contributed by atoms with van der Waals surface area (Å²) < 4.78 is 94.5. The highest BCUT2D eigenvalue weighted by Crippen LogP contribution is 2.45. The van der Waals surface area contributed by atoms with Crippen LogP contribution in [-0.4, -0.2) is 31.6 Å². The Morgan fingerprint density at radius 1 is 1.08 bits per heavy atom. The van der Waals surface area contributed by atoms with Crippen LogP contribution in [0.5, 0.6) is 0 Å². The Kier molecular flexibility index (Phi) is 5.84. The van der Waals surface area contributed by atoms with Crippen molar-refractivity contribution in [1.29, 1.82) is 0 Å². The highest BCUT2D eigenvalue weighted by Gasteiger charge is 2.43. The predicted molar refractivity (Wildman–Crippen MR) is 125 cm³/mol. The summed E-state index contributed by atoms with van der Waals surface area (Å²) in [7, 11) is -2.75. The molecule has 2 aliphatic heterocycles. The van der Waals surface area contributed by atoms with Gasteiger partial charge >= 0.3 is 6.18 Å². The largest absolute Gasteiger partial charge is 0.416 e. The molecule has 1 unspecified atom stereocenters. The first kappa shape index (κ1) is 25.8. The highest BCUT2D eigenvalue weighted by molar-refractivity contribution is 7.89. The molecule has 0 aromatic heterocycles. The molecule has 2 amide bonds.